The largest absolute Gasteiger partial charge is 0.333 e. The van der Waals surface area contributed by atoms with Gasteiger partial charge >= 0.3 is 0 Å². The molecule has 4 heteroatoms. The number of benzene rings is 1. The van der Waals surface area contributed by atoms with E-state index in [0.717, 1.165) is 19.6 Å². The first-order chi connectivity index (χ1) is 9.15. The molecule has 2 atom stereocenters. The van der Waals surface area contributed by atoms with Crippen LogP contribution < -0.4 is 0 Å². The van der Waals surface area contributed by atoms with Crippen LogP contribution in [-0.2, 0) is 0 Å². The highest BCUT2D eigenvalue weighted by Gasteiger charge is 2.36. The lowest BCUT2D eigenvalue weighted by Gasteiger charge is -2.42. The van der Waals surface area contributed by atoms with Gasteiger partial charge in [0.25, 0.3) is 5.91 Å². The summed E-state index contributed by atoms with van der Waals surface area (Å²) in [5, 5.41) is 0. The monoisotopic (exact) mass is 262 g/mol. The zero-order valence-electron chi connectivity index (χ0n) is 11.2. The van der Waals surface area contributed by atoms with E-state index in [1.54, 1.807) is 12.1 Å². The van der Waals surface area contributed by atoms with Gasteiger partial charge in [-0.1, -0.05) is 0 Å². The maximum Gasteiger partial charge on any atom is 0.254 e. The van der Waals surface area contributed by atoms with Crippen LogP contribution in [0.1, 0.15) is 30.1 Å². The summed E-state index contributed by atoms with van der Waals surface area (Å²) in [6, 6.07) is 6.59. The van der Waals surface area contributed by atoms with Crippen LogP contribution in [0.2, 0.25) is 0 Å². The third-order valence-corrected chi connectivity index (χ3v) is 4.29. The van der Waals surface area contributed by atoms with Gasteiger partial charge in [0.2, 0.25) is 0 Å². The lowest BCUT2D eigenvalue weighted by atomic mass is 10.1. The van der Waals surface area contributed by atoms with E-state index >= 15 is 0 Å². The smallest absolute Gasteiger partial charge is 0.254 e. The fourth-order valence-electron chi connectivity index (χ4n) is 3.23. The third kappa shape index (κ3) is 2.37. The van der Waals surface area contributed by atoms with Crippen molar-refractivity contribution in [3.05, 3.63) is 35.6 Å². The van der Waals surface area contributed by atoms with E-state index in [2.05, 4.69) is 11.8 Å². The van der Waals surface area contributed by atoms with E-state index in [0.29, 0.717) is 11.6 Å². The molecule has 0 aliphatic carbocycles. The molecule has 1 aromatic rings. The first-order valence-electron chi connectivity index (χ1n) is 6.96. The minimum Gasteiger partial charge on any atom is -0.333 e. The molecule has 102 valence electrons. The Balaban J connectivity index is 1.77. The maximum absolute atomic E-state index is 12.9. The van der Waals surface area contributed by atoms with E-state index in [-0.39, 0.29) is 17.8 Å². The van der Waals surface area contributed by atoms with Crippen molar-refractivity contribution >= 4 is 5.91 Å². The van der Waals surface area contributed by atoms with Gasteiger partial charge in [-0.3, -0.25) is 9.69 Å². The van der Waals surface area contributed by atoms with Crippen LogP contribution in [0.15, 0.2) is 24.3 Å². The van der Waals surface area contributed by atoms with Crippen LogP contribution in [0.25, 0.3) is 0 Å². The number of carbonyl (C=O) groups is 1. The van der Waals surface area contributed by atoms with Gasteiger partial charge in [0.1, 0.15) is 5.82 Å². The summed E-state index contributed by atoms with van der Waals surface area (Å²) < 4.78 is 12.9. The van der Waals surface area contributed by atoms with Crippen LogP contribution in [0.5, 0.6) is 0 Å². The van der Waals surface area contributed by atoms with Crippen LogP contribution >= 0.6 is 0 Å². The molecule has 0 spiro atoms. The summed E-state index contributed by atoms with van der Waals surface area (Å²) in [5.74, 6) is -0.274. The lowest BCUT2D eigenvalue weighted by molar-refractivity contribution is 0.0395. The summed E-state index contributed by atoms with van der Waals surface area (Å²) in [5.41, 5.74) is 0.583. The highest BCUT2D eigenvalue weighted by Crippen LogP contribution is 2.25. The maximum atomic E-state index is 12.9. The minimum atomic E-state index is -0.301. The number of fused-ring (bicyclic) bond motifs is 1. The van der Waals surface area contributed by atoms with Crippen molar-refractivity contribution in [1.82, 2.24) is 9.80 Å². The Hall–Kier alpha value is -1.42. The first-order valence-corrected chi connectivity index (χ1v) is 6.96. The van der Waals surface area contributed by atoms with Gasteiger partial charge < -0.3 is 4.90 Å². The lowest BCUT2D eigenvalue weighted by Crippen LogP contribution is -2.56. The molecule has 1 aromatic carbocycles. The molecule has 2 fully saturated rings. The Labute approximate surface area is 113 Å². The molecule has 2 aliphatic rings. The standard InChI is InChI=1S/C15H19FN2O/c1-11-9-17-8-2-3-14(17)10-18(11)15(19)12-4-6-13(16)7-5-12/h4-7,11,14H,2-3,8-10H2,1H3. The van der Waals surface area contributed by atoms with Gasteiger partial charge in [-0.2, -0.15) is 0 Å². The second kappa shape index (κ2) is 4.93. The Morgan fingerprint density at radius 3 is 2.74 bits per heavy atom. The molecule has 2 saturated heterocycles. The average Bonchev–Trinajstić information content (AvgIpc) is 2.85. The number of piperazine rings is 1. The molecular formula is C15H19FN2O. The van der Waals surface area contributed by atoms with Crippen molar-refractivity contribution in [1.29, 1.82) is 0 Å². The predicted molar refractivity (Wildman–Crippen MR) is 71.5 cm³/mol. The van der Waals surface area contributed by atoms with E-state index in [1.165, 1.54) is 25.0 Å². The number of hydrogen-bond acceptors (Lipinski definition) is 2. The molecule has 0 aromatic heterocycles. The second-order valence-electron chi connectivity index (χ2n) is 5.60. The Morgan fingerprint density at radius 2 is 2.00 bits per heavy atom. The normalized spacial score (nSPS) is 27.4. The van der Waals surface area contributed by atoms with Gasteiger partial charge in [0.05, 0.1) is 0 Å². The Morgan fingerprint density at radius 1 is 1.26 bits per heavy atom. The summed E-state index contributed by atoms with van der Waals surface area (Å²) in [6.45, 7) is 5.01. The molecule has 2 aliphatic heterocycles. The summed E-state index contributed by atoms with van der Waals surface area (Å²) in [4.78, 5) is 16.9. The quantitative estimate of drug-likeness (QED) is 0.774. The van der Waals surface area contributed by atoms with Crippen molar-refractivity contribution in [3.63, 3.8) is 0 Å². The number of halogens is 1. The van der Waals surface area contributed by atoms with Gasteiger partial charge in [0, 0.05) is 30.7 Å². The Bertz CT molecular complexity index is 474. The number of amides is 1. The Kier molecular flexibility index (Phi) is 3.27. The molecule has 19 heavy (non-hydrogen) atoms. The predicted octanol–water partition coefficient (Wildman–Crippen LogP) is 2.13. The molecular weight excluding hydrogens is 243 g/mol. The van der Waals surface area contributed by atoms with Crippen molar-refractivity contribution in [2.45, 2.75) is 31.8 Å². The zero-order chi connectivity index (χ0) is 13.4. The fraction of sp³-hybridized carbons (Fsp3) is 0.533. The molecule has 1 amide bonds. The molecule has 3 nitrogen and oxygen atoms in total. The van der Waals surface area contributed by atoms with Gasteiger partial charge in [-0.05, 0) is 50.6 Å². The summed E-state index contributed by atoms with van der Waals surface area (Å²) in [7, 11) is 0. The highest BCUT2D eigenvalue weighted by atomic mass is 19.1. The van der Waals surface area contributed by atoms with Crippen molar-refractivity contribution in [2.24, 2.45) is 0 Å². The molecule has 3 rings (SSSR count). The van der Waals surface area contributed by atoms with Crippen molar-refractivity contribution < 1.29 is 9.18 Å². The van der Waals surface area contributed by atoms with Gasteiger partial charge in [-0.25, -0.2) is 4.39 Å². The molecule has 0 bridgehead atoms. The van der Waals surface area contributed by atoms with Crippen molar-refractivity contribution in [2.75, 3.05) is 19.6 Å². The molecule has 0 N–H and O–H groups in total. The number of hydrogen-bond donors (Lipinski definition) is 0. The number of nitrogens with zero attached hydrogens (tertiary/aromatic N) is 2. The van der Waals surface area contributed by atoms with Crippen LogP contribution in [0.3, 0.4) is 0 Å². The van der Waals surface area contributed by atoms with Crippen molar-refractivity contribution in [3.8, 4) is 0 Å². The minimum absolute atomic E-state index is 0.0269. The van der Waals surface area contributed by atoms with E-state index in [9.17, 15) is 9.18 Å². The molecule has 2 unspecified atom stereocenters. The van der Waals surface area contributed by atoms with Crippen LogP contribution in [-0.4, -0.2) is 47.4 Å². The first kappa shape index (κ1) is 12.6. The topological polar surface area (TPSA) is 23.6 Å². The summed E-state index contributed by atoms with van der Waals surface area (Å²) >= 11 is 0. The fourth-order valence-corrected chi connectivity index (χ4v) is 3.23. The van der Waals surface area contributed by atoms with Crippen LogP contribution in [0.4, 0.5) is 4.39 Å². The second-order valence-corrected chi connectivity index (χ2v) is 5.60. The molecule has 0 radical (unpaired) electrons. The van der Waals surface area contributed by atoms with E-state index in [4.69, 9.17) is 0 Å². The van der Waals surface area contributed by atoms with E-state index in [1.807, 2.05) is 4.90 Å². The zero-order valence-corrected chi connectivity index (χ0v) is 11.2. The van der Waals surface area contributed by atoms with Gasteiger partial charge in [-0.15, -0.1) is 0 Å². The number of rotatable bonds is 1. The molecule has 2 heterocycles. The van der Waals surface area contributed by atoms with Crippen LogP contribution in [0, 0.1) is 5.82 Å². The van der Waals surface area contributed by atoms with Gasteiger partial charge in [0.15, 0.2) is 0 Å². The van der Waals surface area contributed by atoms with E-state index < -0.39 is 0 Å². The average molecular weight is 262 g/mol. The summed E-state index contributed by atoms with van der Waals surface area (Å²) in [6.07, 6.45) is 2.41. The highest BCUT2D eigenvalue weighted by molar-refractivity contribution is 5.94. The molecule has 0 saturated carbocycles. The SMILES string of the molecule is CC1CN2CCCC2CN1C(=O)c1ccc(F)cc1. The third-order valence-electron chi connectivity index (χ3n) is 4.29. The number of carbonyl (C=O) groups excluding carboxylic acids is 1.